The van der Waals surface area contributed by atoms with E-state index in [-0.39, 0.29) is 12.0 Å². The summed E-state index contributed by atoms with van der Waals surface area (Å²) in [5.41, 5.74) is 4.94. The van der Waals surface area contributed by atoms with Gasteiger partial charge in [-0.2, -0.15) is 5.10 Å². The van der Waals surface area contributed by atoms with Gasteiger partial charge in [0.15, 0.2) is 5.82 Å². The minimum absolute atomic E-state index is 0.0811. The third-order valence-corrected chi connectivity index (χ3v) is 5.55. The van der Waals surface area contributed by atoms with Gasteiger partial charge in [0.2, 0.25) is 0 Å². The number of benzene rings is 1. The first-order valence-electron chi connectivity index (χ1n) is 8.42. The van der Waals surface area contributed by atoms with E-state index >= 15 is 0 Å². The highest BCUT2D eigenvalue weighted by Gasteiger charge is 2.23. The van der Waals surface area contributed by atoms with Crippen LogP contribution in [0.3, 0.4) is 0 Å². The van der Waals surface area contributed by atoms with Crippen molar-refractivity contribution >= 4 is 33.6 Å². The molecule has 0 spiro atoms. The minimum Gasteiger partial charge on any atom is -0.395 e. The van der Waals surface area contributed by atoms with E-state index in [4.69, 9.17) is 0 Å². The van der Waals surface area contributed by atoms with Crippen LogP contribution in [0.25, 0.3) is 10.2 Å². The molecule has 0 aliphatic carbocycles. The smallest absolute Gasteiger partial charge is 0.158 e. The van der Waals surface area contributed by atoms with Gasteiger partial charge in [-0.3, -0.25) is 5.43 Å². The van der Waals surface area contributed by atoms with Crippen molar-refractivity contribution in [1.29, 1.82) is 0 Å². The van der Waals surface area contributed by atoms with Crippen molar-refractivity contribution < 1.29 is 5.11 Å². The quantitative estimate of drug-likeness (QED) is 0.440. The molecule has 3 N–H and O–H groups in total. The van der Waals surface area contributed by atoms with Gasteiger partial charge in [0, 0.05) is 16.8 Å². The zero-order chi connectivity index (χ0) is 18.6. The van der Waals surface area contributed by atoms with Crippen LogP contribution < -0.4 is 10.7 Å². The molecule has 0 aliphatic heterocycles. The highest BCUT2D eigenvalue weighted by atomic mass is 32.1. The van der Waals surface area contributed by atoms with Gasteiger partial charge in [-0.25, -0.2) is 9.97 Å². The molecule has 26 heavy (non-hydrogen) atoms. The summed E-state index contributed by atoms with van der Waals surface area (Å²) >= 11 is 1.57. The van der Waals surface area contributed by atoms with Crippen LogP contribution in [0.4, 0.5) is 5.82 Å². The fourth-order valence-corrected chi connectivity index (χ4v) is 3.54. The van der Waals surface area contributed by atoms with Gasteiger partial charge < -0.3 is 10.4 Å². The summed E-state index contributed by atoms with van der Waals surface area (Å²) < 4.78 is 0. The van der Waals surface area contributed by atoms with Crippen LogP contribution in [0.1, 0.15) is 29.9 Å². The summed E-state index contributed by atoms with van der Waals surface area (Å²) in [6.07, 6.45) is 3.29. The number of anilines is 1. The van der Waals surface area contributed by atoms with Crippen molar-refractivity contribution in [3.8, 4) is 0 Å². The molecule has 1 aromatic carbocycles. The van der Waals surface area contributed by atoms with E-state index in [1.165, 1.54) is 11.9 Å². The Morgan fingerprint density at radius 1 is 1.23 bits per heavy atom. The van der Waals surface area contributed by atoms with E-state index in [9.17, 15) is 5.11 Å². The number of hydrogen-bond acceptors (Lipinski definition) is 7. The lowest BCUT2D eigenvalue weighted by molar-refractivity contribution is 0.221. The number of hydrogen-bond donors (Lipinski definition) is 3. The molecule has 0 saturated heterocycles. The molecule has 0 amide bonds. The van der Waals surface area contributed by atoms with Crippen LogP contribution in [0, 0.1) is 0 Å². The predicted octanol–water partition coefficient (Wildman–Crippen LogP) is 3.13. The molecule has 0 radical (unpaired) electrons. The fourth-order valence-electron chi connectivity index (χ4n) is 2.45. The van der Waals surface area contributed by atoms with Gasteiger partial charge in [-0.15, -0.1) is 11.3 Å². The number of aliphatic hydroxyl groups is 1. The second-order valence-electron chi connectivity index (χ2n) is 6.74. The Balaban J connectivity index is 1.78. The second-order valence-corrected chi connectivity index (χ2v) is 7.77. The molecule has 0 atom stereocenters. The standard InChI is InChI=1S/C19H23N5OS/c1-19(2,11-25)16-8-15-17(21-12-22-18(15)26-16)24-23-10-14-6-4-13(5-7-14)9-20-3/h4-8,10,12,20,25H,9,11H2,1-3H3,(H,21,22,24). The lowest BCUT2D eigenvalue weighted by Gasteiger charge is -2.18. The Labute approximate surface area is 157 Å². The Hall–Kier alpha value is -2.35. The summed E-state index contributed by atoms with van der Waals surface area (Å²) in [5.74, 6) is 0.661. The average molecular weight is 369 g/mol. The molecule has 0 saturated carbocycles. The van der Waals surface area contributed by atoms with Crippen molar-refractivity contribution in [2.75, 3.05) is 19.1 Å². The third kappa shape index (κ3) is 4.07. The topological polar surface area (TPSA) is 82.4 Å². The summed E-state index contributed by atoms with van der Waals surface area (Å²) in [4.78, 5) is 10.6. The van der Waals surface area contributed by atoms with Crippen molar-refractivity contribution in [3.05, 3.63) is 52.7 Å². The van der Waals surface area contributed by atoms with Crippen LogP contribution in [-0.4, -0.2) is 34.9 Å². The molecule has 7 heteroatoms. The number of aromatic nitrogens is 2. The van der Waals surface area contributed by atoms with Gasteiger partial charge in [0.1, 0.15) is 11.2 Å². The molecule has 0 unspecified atom stereocenters. The highest BCUT2D eigenvalue weighted by molar-refractivity contribution is 7.18. The van der Waals surface area contributed by atoms with Gasteiger partial charge >= 0.3 is 0 Å². The van der Waals surface area contributed by atoms with E-state index in [1.807, 2.05) is 39.1 Å². The lowest BCUT2D eigenvalue weighted by atomic mass is 9.93. The monoisotopic (exact) mass is 369 g/mol. The van der Waals surface area contributed by atoms with Crippen LogP contribution in [0.2, 0.25) is 0 Å². The molecule has 2 heterocycles. The van der Waals surface area contributed by atoms with Gasteiger partial charge in [0.25, 0.3) is 0 Å². The number of aliphatic hydroxyl groups excluding tert-OH is 1. The van der Waals surface area contributed by atoms with Crippen molar-refractivity contribution in [2.45, 2.75) is 25.8 Å². The van der Waals surface area contributed by atoms with Gasteiger partial charge in [-0.05, 0) is 24.2 Å². The summed E-state index contributed by atoms with van der Waals surface area (Å²) in [7, 11) is 1.93. The largest absolute Gasteiger partial charge is 0.395 e. The Kier molecular flexibility index (Phi) is 5.61. The Morgan fingerprint density at radius 3 is 2.69 bits per heavy atom. The number of nitrogens with zero attached hydrogens (tertiary/aromatic N) is 3. The maximum absolute atomic E-state index is 9.59. The highest BCUT2D eigenvalue weighted by Crippen LogP contribution is 2.35. The van der Waals surface area contributed by atoms with Crippen LogP contribution in [0.5, 0.6) is 0 Å². The molecular weight excluding hydrogens is 346 g/mol. The third-order valence-electron chi connectivity index (χ3n) is 4.14. The normalized spacial score (nSPS) is 12.2. The van der Waals surface area contributed by atoms with Gasteiger partial charge in [-0.1, -0.05) is 38.1 Å². The molecule has 6 nitrogen and oxygen atoms in total. The van der Waals surface area contributed by atoms with E-state index < -0.39 is 0 Å². The molecule has 3 aromatic rings. The molecule has 0 fully saturated rings. The minimum atomic E-state index is -0.305. The molecule has 0 aliphatic rings. The van der Waals surface area contributed by atoms with Crippen LogP contribution in [-0.2, 0) is 12.0 Å². The van der Waals surface area contributed by atoms with E-state index in [2.05, 4.69) is 37.9 Å². The van der Waals surface area contributed by atoms with Crippen molar-refractivity contribution in [1.82, 2.24) is 15.3 Å². The second kappa shape index (κ2) is 7.90. The van der Waals surface area contributed by atoms with E-state index in [0.29, 0.717) is 5.82 Å². The van der Waals surface area contributed by atoms with Crippen LogP contribution >= 0.6 is 11.3 Å². The number of fused-ring (bicyclic) bond motifs is 1. The van der Waals surface area contributed by atoms with E-state index in [1.54, 1.807) is 17.6 Å². The van der Waals surface area contributed by atoms with Gasteiger partial charge in [0.05, 0.1) is 18.2 Å². The van der Waals surface area contributed by atoms with E-state index in [0.717, 1.165) is 27.2 Å². The number of thiophene rings is 1. The first-order chi connectivity index (χ1) is 12.5. The predicted molar refractivity (Wildman–Crippen MR) is 108 cm³/mol. The SMILES string of the molecule is CNCc1ccc(C=NNc2ncnc3sc(C(C)(C)CO)cc23)cc1. The molecule has 0 bridgehead atoms. The van der Waals surface area contributed by atoms with Crippen molar-refractivity contribution in [3.63, 3.8) is 0 Å². The molecule has 136 valence electrons. The maximum Gasteiger partial charge on any atom is 0.158 e. The first-order valence-corrected chi connectivity index (χ1v) is 9.23. The zero-order valence-electron chi connectivity index (χ0n) is 15.2. The number of rotatable bonds is 7. The summed E-state index contributed by atoms with van der Waals surface area (Å²) in [6, 6.07) is 10.2. The lowest BCUT2D eigenvalue weighted by Crippen LogP contribution is -2.20. The molecule has 2 aromatic heterocycles. The average Bonchev–Trinajstić information content (AvgIpc) is 3.09. The molecule has 3 rings (SSSR count). The Bertz CT molecular complexity index is 902. The fraction of sp³-hybridized carbons (Fsp3) is 0.316. The first kappa shape index (κ1) is 18.4. The van der Waals surface area contributed by atoms with Crippen LogP contribution in [0.15, 0.2) is 41.8 Å². The van der Waals surface area contributed by atoms with Crippen molar-refractivity contribution in [2.24, 2.45) is 5.10 Å². The summed E-state index contributed by atoms with van der Waals surface area (Å²) in [6.45, 7) is 4.94. The number of hydrazone groups is 1. The number of nitrogens with one attached hydrogen (secondary N) is 2. The Morgan fingerprint density at radius 2 is 2.00 bits per heavy atom. The summed E-state index contributed by atoms with van der Waals surface area (Å²) in [5, 5.41) is 17.9. The maximum atomic E-state index is 9.59. The molecular formula is C19H23N5OS. The zero-order valence-corrected chi connectivity index (χ0v) is 16.0.